The zero-order chi connectivity index (χ0) is 15.6. The van der Waals surface area contributed by atoms with Gasteiger partial charge in [0.1, 0.15) is 17.9 Å². The van der Waals surface area contributed by atoms with Crippen molar-refractivity contribution >= 4 is 28.4 Å². The summed E-state index contributed by atoms with van der Waals surface area (Å²) in [5, 5.41) is 3.73. The highest BCUT2D eigenvalue weighted by molar-refractivity contribution is 6.17. The monoisotopic (exact) mass is 316 g/mol. The fraction of sp³-hybridized carbons (Fsp3) is 0.294. The molecule has 0 aliphatic carbocycles. The Hall–Kier alpha value is -2.25. The number of aromatic nitrogens is 1. The first-order valence-corrected chi connectivity index (χ1v) is 7.59. The molecule has 1 N–H and O–H groups in total. The minimum atomic E-state index is -0.0332. The molecule has 22 heavy (non-hydrogen) atoms. The number of alkyl halides is 1. The molecule has 1 heterocycles. The number of carbonyl (C=O) groups excluding carboxylic acids is 1. The van der Waals surface area contributed by atoms with Crippen molar-refractivity contribution in [2.45, 2.75) is 12.8 Å². The van der Waals surface area contributed by atoms with Crippen molar-refractivity contribution < 1.29 is 9.53 Å². The molecule has 2 rings (SSSR count). The lowest BCUT2D eigenvalue weighted by atomic mass is 10.2. The number of hydrogen-bond donors (Lipinski definition) is 1. The van der Waals surface area contributed by atoms with E-state index < -0.39 is 0 Å². The highest BCUT2D eigenvalue weighted by atomic mass is 35.5. The molecule has 0 fully saturated rings. The molecule has 0 saturated heterocycles. The highest BCUT2D eigenvalue weighted by Crippen LogP contribution is 2.22. The Morgan fingerprint density at radius 2 is 2.14 bits per heavy atom. The molecule has 2 aromatic rings. The minimum Gasteiger partial charge on any atom is -0.479 e. The van der Waals surface area contributed by atoms with Gasteiger partial charge < -0.3 is 10.1 Å². The Balaban J connectivity index is 1.79. The Bertz CT molecular complexity index is 686. The topological polar surface area (TPSA) is 51.2 Å². The van der Waals surface area contributed by atoms with E-state index >= 15 is 0 Å². The number of nitrogens with zero attached hydrogens (tertiary/aromatic N) is 1. The molecule has 4 nitrogen and oxygen atoms in total. The van der Waals surface area contributed by atoms with Gasteiger partial charge in [0.2, 0.25) is 5.91 Å². The predicted octanol–water partition coefficient (Wildman–Crippen LogP) is 2.75. The minimum absolute atomic E-state index is 0.0332. The number of pyridine rings is 1. The van der Waals surface area contributed by atoms with Crippen LogP contribution in [0.2, 0.25) is 0 Å². The van der Waals surface area contributed by atoms with E-state index in [0.29, 0.717) is 31.0 Å². The van der Waals surface area contributed by atoms with E-state index in [9.17, 15) is 4.79 Å². The Morgan fingerprint density at radius 3 is 3.00 bits per heavy atom. The van der Waals surface area contributed by atoms with Gasteiger partial charge in [-0.3, -0.25) is 9.78 Å². The molecular weight excluding hydrogens is 300 g/mol. The van der Waals surface area contributed by atoms with Crippen LogP contribution in [0.4, 0.5) is 0 Å². The van der Waals surface area contributed by atoms with Crippen molar-refractivity contribution in [3.8, 4) is 17.6 Å². The van der Waals surface area contributed by atoms with E-state index in [2.05, 4.69) is 22.1 Å². The fourth-order valence-corrected chi connectivity index (χ4v) is 2.01. The number of halogens is 1. The third kappa shape index (κ3) is 4.94. The summed E-state index contributed by atoms with van der Waals surface area (Å²) in [7, 11) is 0. The predicted molar refractivity (Wildman–Crippen MR) is 88.0 cm³/mol. The molecule has 0 aliphatic rings. The standard InChI is InChI=1S/C17H17ClN2O2/c18-10-4-9-16(21)19-11-1-2-13-22-15-8-3-6-14-7-5-12-20-17(14)15/h3,5-8,12H,4,9-11,13H2,(H,19,21). The molecule has 114 valence electrons. The van der Waals surface area contributed by atoms with Gasteiger partial charge in [-0.05, 0) is 18.6 Å². The number of amides is 1. The number of para-hydroxylation sites is 1. The summed E-state index contributed by atoms with van der Waals surface area (Å²) in [4.78, 5) is 15.6. The maximum atomic E-state index is 11.3. The van der Waals surface area contributed by atoms with Gasteiger partial charge in [0.25, 0.3) is 0 Å². The van der Waals surface area contributed by atoms with Gasteiger partial charge >= 0.3 is 0 Å². The molecule has 0 unspecified atom stereocenters. The number of benzene rings is 1. The second-order valence-corrected chi connectivity index (χ2v) is 4.92. The molecule has 0 saturated carbocycles. The van der Waals surface area contributed by atoms with E-state index in [1.54, 1.807) is 6.20 Å². The molecule has 1 aromatic heterocycles. The lowest BCUT2D eigenvalue weighted by Gasteiger charge is -2.05. The van der Waals surface area contributed by atoms with Crippen molar-refractivity contribution in [3.05, 3.63) is 36.5 Å². The summed E-state index contributed by atoms with van der Waals surface area (Å²) in [6.45, 7) is 0.575. The highest BCUT2D eigenvalue weighted by Gasteiger charge is 2.01. The first kappa shape index (κ1) is 16.1. The first-order chi connectivity index (χ1) is 10.8. The number of nitrogens with one attached hydrogen (secondary N) is 1. The van der Waals surface area contributed by atoms with Crippen molar-refractivity contribution in [2.75, 3.05) is 19.0 Å². The summed E-state index contributed by atoms with van der Waals surface area (Å²) in [5.74, 6) is 6.89. The quantitative estimate of drug-likeness (QED) is 0.658. The SMILES string of the molecule is O=C(CCCCl)NCC#CCOc1cccc2cccnc12. The normalized spacial score (nSPS) is 9.86. The van der Waals surface area contributed by atoms with E-state index in [4.69, 9.17) is 16.3 Å². The van der Waals surface area contributed by atoms with Crippen LogP contribution >= 0.6 is 11.6 Å². The maximum Gasteiger partial charge on any atom is 0.220 e. The number of fused-ring (bicyclic) bond motifs is 1. The second kappa shape index (κ2) is 8.91. The Kier molecular flexibility index (Phi) is 6.53. The van der Waals surface area contributed by atoms with Crippen LogP contribution in [0.1, 0.15) is 12.8 Å². The smallest absolute Gasteiger partial charge is 0.220 e. The van der Waals surface area contributed by atoms with Gasteiger partial charge in [0.05, 0.1) is 6.54 Å². The summed E-state index contributed by atoms with van der Waals surface area (Å²) >= 11 is 5.52. The van der Waals surface area contributed by atoms with E-state index in [-0.39, 0.29) is 12.5 Å². The van der Waals surface area contributed by atoms with E-state index in [1.165, 1.54) is 0 Å². The van der Waals surface area contributed by atoms with Gasteiger partial charge in [0.15, 0.2) is 0 Å². The molecule has 5 heteroatoms. The van der Waals surface area contributed by atoms with Crippen LogP contribution in [0.5, 0.6) is 5.75 Å². The van der Waals surface area contributed by atoms with Crippen LogP contribution in [-0.2, 0) is 4.79 Å². The molecule has 1 aromatic carbocycles. The molecule has 0 radical (unpaired) electrons. The number of carbonyl (C=O) groups is 1. The van der Waals surface area contributed by atoms with Gasteiger partial charge in [-0.15, -0.1) is 11.6 Å². The average molecular weight is 317 g/mol. The molecule has 0 spiro atoms. The van der Waals surface area contributed by atoms with E-state index in [0.717, 1.165) is 10.9 Å². The van der Waals surface area contributed by atoms with Gasteiger partial charge in [-0.2, -0.15) is 0 Å². The third-order valence-corrected chi connectivity index (χ3v) is 3.20. The molecule has 0 aliphatic heterocycles. The fourth-order valence-electron chi connectivity index (χ4n) is 1.88. The summed E-state index contributed by atoms with van der Waals surface area (Å²) < 4.78 is 5.62. The van der Waals surface area contributed by atoms with Crippen molar-refractivity contribution in [1.82, 2.24) is 10.3 Å². The largest absolute Gasteiger partial charge is 0.479 e. The molecule has 1 amide bonds. The average Bonchev–Trinajstić information content (AvgIpc) is 2.56. The van der Waals surface area contributed by atoms with Crippen LogP contribution in [0.3, 0.4) is 0 Å². The number of rotatable bonds is 6. The number of ether oxygens (including phenoxy) is 1. The molecule has 0 bridgehead atoms. The summed E-state index contributed by atoms with van der Waals surface area (Å²) in [6, 6.07) is 9.64. The zero-order valence-corrected chi connectivity index (χ0v) is 12.9. The second-order valence-electron chi connectivity index (χ2n) is 4.54. The van der Waals surface area contributed by atoms with E-state index in [1.807, 2.05) is 30.3 Å². The Morgan fingerprint density at radius 1 is 1.27 bits per heavy atom. The van der Waals surface area contributed by atoms with Crippen molar-refractivity contribution in [1.29, 1.82) is 0 Å². The molecule has 0 atom stereocenters. The zero-order valence-electron chi connectivity index (χ0n) is 12.1. The lowest BCUT2D eigenvalue weighted by Crippen LogP contribution is -2.23. The van der Waals surface area contributed by atoms with Crippen LogP contribution in [-0.4, -0.2) is 29.9 Å². The van der Waals surface area contributed by atoms with Crippen LogP contribution < -0.4 is 10.1 Å². The first-order valence-electron chi connectivity index (χ1n) is 7.06. The third-order valence-electron chi connectivity index (χ3n) is 2.93. The summed E-state index contributed by atoms with van der Waals surface area (Å²) in [6.07, 6.45) is 2.85. The van der Waals surface area contributed by atoms with Crippen molar-refractivity contribution in [3.63, 3.8) is 0 Å². The number of hydrogen-bond acceptors (Lipinski definition) is 3. The van der Waals surface area contributed by atoms with Gasteiger partial charge in [-0.25, -0.2) is 0 Å². The van der Waals surface area contributed by atoms with Crippen LogP contribution in [0, 0.1) is 11.8 Å². The Labute approximate surface area is 134 Å². The van der Waals surface area contributed by atoms with Gasteiger partial charge in [-0.1, -0.05) is 30.0 Å². The van der Waals surface area contributed by atoms with Crippen LogP contribution in [0.15, 0.2) is 36.5 Å². The van der Waals surface area contributed by atoms with Gasteiger partial charge in [0, 0.05) is 23.9 Å². The maximum absolute atomic E-state index is 11.3. The summed E-state index contributed by atoms with van der Waals surface area (Å²) in [5.41, 5.74) is 0.821. The lowest BCUT2D eigenvalue weighted by molar-refractivity contribution is -0.120. The molecular formula is C17H17ClN2O2. The van der Waals surface area contributed by atoms with Crippen LogP contribution in [0.25, 0.3) is 10.9 Å². The van der Waals surface area contributed by atoms with Crippen molar-refractivity contribution in [2.24, 2.45) is 0 Å².